The first-order chi connectivity index (χ1) is 7.16. The van der Waals surface area contributed by atoms with Crippen LogP contribution in [0.5, 0.6) is 0 Å². The molecule has 15 heavy (non-hydrogen) atoms. The highest BCUT2D eigenvalue weighted by Crippen LogP contribution is 2.24. The predicted octanol–water partition coefficient (Wildman–Crippen LogP) is 1.91. The summed E-state index contributed by atoms with van der Waals surface area (Å²) >= 11 is 6.01. The quantitative estimate of drug-likeness (QED) is 0.810. The Morgan fingerprint density at radius 2 is 2.47 bits per heavy atom. The topological polar surface area (TPSA) is 60.2 Å². The van der Waals surface area contributed by atoms with Crippen LogP contribution in [-0.2, 0) is 4.74 Å². The largest absolute Gasteiger partial charge is 0.397 e. The summed E-state index contributed by atoms with van der Waals surface area (Å²) < 4.78 is 5.44. The van der Waals surface area contributed by atoms with E-state index in [0.29, 0.717) is 16.5 Å². The molecule has 0 saturated carbocycles. The minimum atomic E-state index is 0.195. The summed E-state index contributed by atoms with van der Waals surface area (Å²) in [5, 5.41) is 3.81. The van der Waals surface area contributed by atoms with E-state index in [-0.39, 0.29) is 12.1 Å². The van der Waals surface area contributed by atoms with Crippen LogP contribution in [0.1, 0.15) is 13.3 Å². The molecule has 0 bridgehead atoms. The van der Waals surface area contributed by atoms with Crippen LogP contribution in [0.2, 0.25) is 5.02 Å². The van der Waals surface area contributed by atoms with Crippen LogP contribution in [0.4, 0.5) is 11.5 Å². The first kappa shape index (κ1) is 10.5. The molecule has 0 spiro atoms. The van der Waals surface area contributed by atoms with Gasteiger partial charge in [0, 0.05) is 6.61 Å². The molecule has 1 aromatic rings. The summed E-state index contributed by atoms with van der Waals surface area (Å²) in [5.41, 5.74) is 6.13. The van der Waals surface area contributed by atoms with Gasteiger partial charge in [0.2, 0.25) is 0 Å². The van der Waals surface area contributed by atoms with E-state index >= 15 is 0 Å². The number of hydrogen-bond donors (Lipinski definition) is 2. The van der Waals surface area contributed by atoms with E-state index in [2.05, 4.69) is 10.3 Å². The monoisotopic (exact) mass is 227 g/mol. The number of nitrogen functional groups attached to an aromatic ring is 1. The molecule has 1 saturated heterocycles. The van der Waals surface area contributed by atoms with Gasteiger partial charge in [0.25, 0.3) is 0 Å². The summed E-state index contributed by atoms with van der Waals surface area (Å²) in [4.78, 5) is 4.15. The molecule has 82 valence electrons. The highest BCUT2D eigenvalue weighted by molar-refractivity contribution is 6.33. The summed E-state index contributed by atoms with van der Waals surface area (Å²) in [6, 6.07) is 1.97. The minimum absolute atomic E-state index is 0.195. The molecule has 0 aliphatic carbocycles. The predicted molar refractivity (Wildman–Crippen MR) is 61.1 cm³/mol. The van der Waals surface area contributed by atoms with Crippen molar-refractivity contribution in [3.05, 3.63) is 17.3 Å². The van der Waals surface area contributed by atoms with Crippen molar-refractivity contribution in [2.75, 3.05) is 17.7 Å². The maximum atomic E-state index is 6.01. The van der Waals surface area contributed by atoms with Gasteiger partial charge in [-0.3, -0.25) is 0 Å². The second kappa shape index (κ2) is 4.24. The zero-order valence-electron chi connectivity index (χ0n) is 8.53. The number of aromatic nitrogens is 1. The molecule has 1 aliphatic rings. The Hall–Kier alpha value is -1.00. The molecule has 0 radical (unpaired) electrons. The fourth-order valence-corrected chi connectivity index (χ4v) is 1.89. The van der Waals surface area contributed by atoms with Gasteiger partial charge in [0.1, 0.15) is 5.82 Å². The van der Waals surface area contributed by atoms with E-state index in [1.807, 2.05) is 6.92 Å². The van der Waals surface area contributed by atoms with Gasteiger partial charge < -0.3 is 15.8 Å². The van der Waals surface area contributed by atoms with Crippen LogP contribution < -0.4 is 11.1 Å². The first-order valence-electron chi connectivity index (χ1n) is 4.96. The molecule has 0 amide bonds. The van der Waals surface area contributed by atoms with Gasteiger partial charge in [0.15, 0.2) is 0 Å². The lowest BCUT2D eigenvalue weighted by molar-refractivity contribution is 0.121. The van der Waals surface area contributed by atoms with Gasteiger partial charge in [-0.2, -0.15) is 0 Å². The number of rotatable bonds is 2. The lowest BCUT2D eigenvalue weighted by Crippen LogP contribution is -2.27. The van der Waals surface area contributed by atoms with Crippen molar-refractivity contribution in [2.45, 2.75) is 25.5 Å². The van der Waals surface area contributed by atoms with Crippen LogP contribution in [0, 0.1) is 0 Å². The summed E-state index contributed by atoms with van der Waals surface area (Å²) in [7, 11) is 0. The molecular formula is C10H14ClN3O. The van der Waals surface area contributed by atoms with E-state index in [4.69, 9.17) is 22.1 Å². The zero-order valence-corrected chi connectivity index (χ0v) is 9.29. The molecule has 5 heteroatoms. The number of ether oxygens (including phenoxy) is 1. The number of anilines is 2. The Bertz CT molecular complexity index is 359. The Labute approximate surface area is 93.8 Å². The van der Waals surface area contributed by atoms with Crippen molar-refractivity contribution in [1.82, 2.24) is 4.98 Å². The SMILES string of the molecule is CC1OCCC1Nc1ncc(N)cc1Cl. The van der Waals surface area contributed by atoms with Crippen molar-refractivity contribution < 1.29 is 4.74 Å². The van der Waals surface area contributed by atoms with E-state index in [9.17, 15) is 0 Å². The number of pyridine rings is 1. The summed E-state index contributed by atoms with van der Waals surface area (Å²) in [6.07, 6.45) is 2.76. The lowest BCUT2D eigenvalue weighted by atomic mass is 10.1. The second-order valence-electron chi connectivity index (χ2n) is 3.71. The molecule has 2 heterocycles. The van der Waals surface area contributed by atoms with Crippen LogP contribution in [-0.4, -0.2) is 23.7 Å². The summed E-state index contributed by atoms with van der Waals surface area (Å²) in [5.74, 6) is 0.674. The lowest BCUT2D eigenvalue weighted by Gasteiger charge is -2.17. The Balaban J connectivity index is 2.10. The van der Waals surface area contributed by atoms with Crippen molar-refractivity contribution in [1.29, 1.82) is 0 Å². The van der Waals surface area contributed by atoms with Gasteiger partial charge in [-0.15, -0.1) is 0 Å². The molecule has 3 N–H and O–H groups in total. The minimum Gasteiger partial charge on any atom is -0.397 e. The molecule has 4 nitrogen and oxygen atoms in total. The van der Waals surface area contributed by atoms with Gasteiger partial charge >= 0.3 is 0 Å². The van der Waals surface area contributed by atoms with E-state index in [0.717, 1.165) is 13.0 Å². The normalized spacial score (nSPS) is 25.5. The fraction of sp³-hybridized carbons (Fsp3) is 0.500. The molecule has 2 rings (SSSR count). The molecule has 2 unspecified atom stereocenters. The van der Waals surface area contributed by atoms with E-state index < -0.39 is 0 Å². The van der Waals surface area contributed by atoms with Crippen molar-refractivity contribution in [3.8, 4) is 0 Å². The average molecular weight is 228 g/mol. The third-order valence-corrected chi connectivity index (χ3v) is 2.85. The molecule has 1 aromatic heterocycles. The van der Waals surface area contributed by atoms with Crippen LogP contribution in [0.25, 0.3) is 0 Å². The smallest absolute Gasteiger partial charge is 0.145 e. The maximum Gasteiger partial charge on any atom is 0.145 e. The Morgan fingerprint density at radius 1 is 1.67 bits per heavy atom. The van der Waals surface area contributed by atoms with Crippen LogP contribution >= 0.6 is 11.6 Å². The highest BCUT2D eigenvalue weighted by Gasteiger charge is 2.24. The Kier molecular flexibility index (Phi) is 2.98. The maximum absolute atomic E-state index is 6.01. The number of nitrogens with one attached hydrogen (secondary N) is 1. The third-order valence-electron chi connectivity index (χ3n) is 2.56. The van der Waals surface area contributed by atoms with Gasteiger partial charge in [-0.1, -0.05) is 11.6 Å². The fourth-order valence-electron chi connectivity index (χ4n) is 1.66. The molecular weight excluding hydrogens is 214 g/mol. The van der Waals surface area contributed by atoms with E-state index in [1.54, 1.807) is 12.3 Å². The van der Waals surface area contributed by atoms with Gasteiger partial charge in [-0.25, -0.2) is 4.98 Å². The van der Waals surface area contributed by atoms with Gasteiger partial charge in [0.05, 0.1) is 29.1 Å². The number of nitrogens with zero attached hydrogens (tertiary/aromatic N) is 1. The second-order valence-corrected chi connectivity index (χ2v) is 4.12. The highest BCUT2D eigenvalue weighted by atomic mass is 35.5. The standard InChI is InChI=1S/C10H14ClN3O/c1-6-9(2-3-15-6)14-10-8(11)4-7(12)5-13-10/h4-6,9H,2-3,12H2,1H3,(H,13,14). The van der Waals surface area contributed by atoms with Crippen LogP contribution in [0.3, 0.4) is 0 Å². The zero-order chi connectivity index (χ0) is 10.8. The van der Waals surface area contributed by atoms with Gasteiger partial charge in [-0.05, 0) is 19.4 Å². The number of nitrogens with two attached hydrogens (primary N) is 1. The van der Waals surface area contributed by atoms with Crippen molar-refractivity contribution in [2.24, 2.45) is 0 Å². The molecule has 1 aliphatic heterocycles. The third kappa shape index (κ3) is 2.33. The summed E-state index contributed by atoms with van der Waals surface area (Å²) in [6.45, 7) is 2.82. The molecule has 2 atom stereocenters. The van der Waals surface area contributed by atoms with Crippen molar-refractivity contribution in [3.63, 3.8) is 0 Å². The average Bonchev–Trinajstić information content (AvgIpc) is 2.57. The first-order valence-corrected chi connectivity index (χ1v) is 5.34. The Morgan fingerprint density at radius 3 is 3.07 bits per heavy atom. The van der Waals surface area contributed by atoms with Crippen molar-refractivity contribution >= 4 is 23.1 Å². The molecule has 0 aromatic carbocycles. The van der Waals surface area contributed by atoms with Crippen LogP contribution in [0.15, 0.2) is 12.3 Å². The number of hydrogen-bond acceptors (Lipinski definition) is 4. The number of halogens is 1. The molecule has 1 fully saturated rings. The van der Waals surface area contributed by atoms with E-state index in [1.165, 1.54) is 0 Å².